The van der Waals surface area contributed by atoms with E-state index < -0.39 is 26.0 Å². The number of phenolic OH excluding ortho intramolecular Hbond substituents is 3. The minimum absolute atomic E-state index is 0.00921. The third-order valence-corrected chi connectivity index (χ3v) is 15.4. The van der Waals surface area contributed by atoms with E-state index in [0.717, 1.165) is 90.1 Å². The number of sulfonamides is 2. The SMILES string of the molecule is CCCCCc1cc(O)c(C2C=C(C)CCC2)c(O)c1C(=O)N1CCN(S(C)(=O)=O)CC1.CCCCCc1cc(O)c(C2C=C(C)CCC2)c(O)c1C(=O)O.CS(=O)(=O)N1CCNCC1. The van der Waals surface area contributed by atoms with Crippen LogP contribution in [0.15, 0.2) is 35.4 Å². The summed E-state index contributed by atoms with van der Waals surface area (Å²) in [6, 6.07) is 3.19. The Balaban J connectivity index is 0.000000243. The number of carboxylic acid groups (broad SMARTS) is 1. The Morgan fingerprint density at radius 3 is 1.45 bits per heavy atom. The topological polar surface area (TPSA) is 225 Å². The first-order valence-corrected chi connectivity index (χ1v) is 27.0. The fourth-order valence-electron chi connectivity index (χ4n) is 9.21. The molecule has 0 bridgehead atoms. The van der Waals surface area contributed by atoms with E-state index in [9.17, 15) is 52.0 Å². The summed E-state index contributed by atoms with van der Waals surface area (Å²) in [5.41, 5.74) is 4.61. The molecule has 6 N–H and O–H groups in total. The zero-order chi connectivity index (χ0) is 48.1. The molecule has 2 aromatic rings. The fraction of sp³-hybridized carbons (Fsp3) is 0.625. The molecule has 2 unspecified atom stereocenters. The van der Waals surface area contributed by atoms with Gasteiger partial charge < -0.3 is 35.7 Å². The Bertz CT molecular complexity index is 2250. The van der Waals surface area contributed by atoms with Crippen molar-refractivity contribution in [3.8, 4) is 23.0 Å². The predicted octanol–water partition coefficient (Wildman–Crippen LogP) is 7.36. The summed E-state index contributed by atoms with van der Waals surface area (Å²) in [7, 11) is -6.23. The number of unbranched alkanes of at least 4 members (excludes halogenated alkanes) is 4. The Morgan fingerprint density at radius 1 is 0.646 bits per heavy atom. The molecule has 0 spiro atoms. The van der Waals surface area contributed by atoms with Crippen LogP contribution in [0.1, 0.15) is 160 Å². The summed E-state index contributed by atoms with van der Waals surface area (Å²) in [5, 5.41) is 55.6. The molecule has 2 fully saturated rings. The van der Waals surface area contributed by atoms with Gasteiger partial charge in [-0.15, -0.1) is 0 Å². The van der Waals surface area contributed by atoms with Crippen LogP contribution < -0.4 is 5.32 Å². The molecular weight excluding hydrogens is 873 g/mol. The van der Waals surface area contributed by atoms with Gasteiger partial charge in [-0.25, -0.2) is 21.6 Å². The van der Waals surface area contributed by atoms with Crippen LogP contribution in [-0.4, -0.2) is 133 Å². The van der Waals surface area contributed by atoms with Crippen molar-refractivity contribution < 1.29 is 52.0 Å². The number of hydrogen-bond donors (Lipinski definition) is 6. The van der Waals surface area contributed by atoms with Crippen LogP contribution in [0, 0.1) is 0 Å². The van der Waals surface area contributed by atoms with Gasteiger partial charge in [0.25, 0.3) is 5.91 Å². The standard InChI is InChI=1S/C24H36N2O5S.C19H26O4.C5H12N2O2S/c1-4-5-6-9-19-16-20(27)21(18-10-7-8-17(2)15-18)23(28)22(19)24(29)25-11-13-26(14-12-25)32(3,30)31;1-3-4-5-8-14-11-15(20)16(18(21)17(14)19(22)23)13-9-6-7-12(2)10-13;1-10(8,9)7-4-2-6-3-5-7/h15-16,18,27-28H,4-14H2,1-3H3;10-11,13,20-21H,3-9H2,1-2H3,(H,22,23);6H,2-5H2,1H3. The van der Waals surface area contributed by atoms with Crippen molar-refractivity contribution in [3.05, 3.63) is 68.8 Å². The quantitative estimate of drug-likeness (QED) is 0.0808. The smallest absolute Gasteiger partial charge is 0.339 e. The first-order chi connectivity index (χ1) is 30.7. The highest BCUT2D eigenvalue weighted by atomic mass is 32.2. The number of allylic oxidation sites excluding steroid dienone is 4. The van der Waals surface area contributed by atoms with Gasteiger partial charge in [-0.05, 0) is 101 Å². The van der Waals surface area contributed by atoms with Crippen molar-refractivity contribution in [1.82, 2.24) is 18.8 Å². The number of amides is 1. The van der Waals surface area contributed by atoms with Crippen LogP contribution >= 0.6 is 0 Å². The molecule has 0 aromatic heterocycles. The average Bonchev–Trinajstić information content (AvgIpc) is 3.24. The number of nitrogens with zero attached hydrogens (tertiary/aromatic N) is 3. The number of hydrogen-bond acceptors (Lipinski definition) is 11. The van der Waals surface area contributed by atoms with Crippen LogP contribution in [0.25, 0.3) is 0 Å². The molecule has 1 amide bonds. The van der Waals surface area contributed by atoms with Crippen molar-refractivity contribution in [1.29, 1.82) is 0 Å². The van der Waals surface area contributed by atoms with E-state index in [1.54, 1.807) is 11.0 Å². The monoisotopic (exact) mass is 946 g/mol. The number of phenols is 4. The summed E-state index contributed by atoms with van der Waals surface area (Å²) in [6.45, 7) is 12.0. The number of aryl methyl sites for hydroxylation is 2. The van der Waals surface area contributed by atoms with Gasteiger partial charge >= 0.3 is 5.97 Å². The number of rotatable bonds is 14. The molecule has 364 valence electrons. The maximum Gasteiger partial charge on any atom is 0.339 e. The molecule has 65 heavy (non-hydrogen) atoms. The lowest BCUT2D eigenvalue weighted by Crippen LogP contribution is -2.50. The van der Waals surface area contributed by atoms with Gasteiger partial charge in [0.1, 0.15) is 28.6 Å². The highest BCUT2D eigenvalue weighted by Gasteiger charge is 2.33. The predicted molar refractivity (Wildman–Crippen MR) is 255 cm³/mol. The minimum atomic E-state index is -3.30. The first kappa shape index (κ1) is 53.5. The van der Waals surface area contributed by atoms with Crippen LogP contribution in [-0.2, 0) is 32.9 Å². The van der Waals surface area contributed by atoms with E-state index in [2.05, 4.69) is 25.2 Å². The summed E-state index contributed by atoms with van der Waals surface area (Å²) in [4.78, 5) is 26.8. The molecule has 2 aliphatic carbocycles. The minimum Gasteiger partial charge on any atom is -0.507 e. The highest BCUT2D eigenvalue weighted by Crippen LogP contribution is 2.46. The molecule has 0 radical (unpaired) electrons. The van der Waals surface area contributed by atoms with Gasteiger partial charge in [-0.1, -0.05) is 62.8 Å². The maximum atomic E-state index is 13.5. The molecule has 2 aliphatic heterocycles. The largest absolute Gasteiger partial charge is 0.507 e. The number of piperazine rings is 2. The number of benzene rings is 2. The van der Waals surface area contributed by atoms with Gasteiger partial charge in [0.2, 0.25) is 20.0 Å². The van der Waals surface area contributed by atoms with E-state index >= 15 is 0 Å². The number of carbonyl (C=O) groups excluding carboxylic acids is 1. The fourth-order valence-corrected chi connectivity index (χ4v) is 10.9. The third kappa shape index (κ3) is 14.9. The lowest BCUT2D eigenvalue weighted by Gasteiger charge is -2.34. The van der Waals surface area contributed by atoms with Crippen LogP contribution in [0.5, 0.6) is 23.0 Å². The molecule has 2 atom stereocenters. The van der Waals surface area contributed by atoms with Gasteiger partial charge in [0, 0.05) is 75.3 Å². The number of carboxylic acids is 1. The van der Waals surface area contributed by atoms with Crippen molar-refractivity contribution >= 4 is 31.9 Å². The molecule has 0 saturated carbocycles. The summed E-state index contributed by atoms with van der Waals surface area (Å²) >= 11 is 0. The number of nitrogens with one attached hydrogen (secondary N) is 1. The molecule has 2 saturated heterocycles. The zero-order valence-electron chi connectivity index (χ0n) is 39.4. The van der Waals surface area contributed by atoms with E-state index in [1.807, 2.05) is 19.9 Å². The summed E-state index contributed by atoms with van der Waals surface area (Å²) < 4.78 is 48.3. The molecule has 17 heteroatoms. The van der Waals surface area contributed by atoms with Gasteiger partial charge in [0.15, 0.2) is 0 Å². The normalized spacial score (nSPS) is 19.8. The second-order valence-electron chi connectivity index (χ2n) is 18.0. The molecule has 6 rings (SSSR count). The Kier molecular flexibility index (Phi) is 20.2. The average molecular weight is 947 g/mol. The molecule has 2 aromatic carbocycles. The lowest BCUT2D eigenvalue weighted by atomic mass is 9.83. The van der Waals surface area contributed by atoms with E-state index in [1.165, 1.54) is 38.3 Å². The second kappa shape index (κ2) is 24.6. The first-order valence-electron chi connectivity index (χ1n) is 23.3. The van der Waals surface area contributed by atoms with Crippen molar-refractivity contribution in [2.24, 2.45) is 0 Å². The van der Waals surface area contributed by atoms with Gasteiger partial charge in [-0.2, -0.15) is 8.61 Å². The number of aromatic hydroxyl groups is 4. The Labute approximate surface area is 387 Å². The van der Waals surface area contributed by atoms with Gasteiger partial charge in [-0.3, -0.25) is 4.79 Å². The number of carbonyl (C=O) groups is 2. The molecule has 2 heterocycles. The molecule has 15 nitrogen and oxygen atoms in total. The zero-order valence-corrected chi connectivity index (χ0v) is 41.0. The van der Waals surface area contributed by atoms with E-state index in [0.29, 0.717) is 48.2 Å². The van der Waals surface area contributed by atoms with E-state index in [4.69, 9.17) is 0 Å². The third-order valence-electron chi connectivity index (χ3n) is 12.8. The maximum absolute atomic E-state index is 13.5. The van der Waals surface area contributed by atoms with Crippen molar-refractivity contribution in [2.75, 3.05) is 64.9 Å². The second-order valence-corrected chi connectivity index (χ2v) is 22.0. The van der Waals surface area contributed by atoms with Crippen molar-refractivity contribution in [2.45, 2.75) is 129 Å². The van der Waals surface area contributed by atoms with E-state index in [-0.39, 0.29) is 78.0 Å². The Hall–Kier alpha value is -4.16. The summed E-state index contributed by atoms with van der Waals surface area (Å²) in [5.74, 6) is -2.00. The lowest BCUT2D eigenvalue weighted by molar-refractivity contribution is 0.0684. The van der Waals surface area contributed by atoms with Crippen LogP contribution in [0.2, 0.25) is 0 Å². The summed E-state index contributed by atoms with van der Waals surface area (Å²) in [6.07, 6.45) is 19.0. The van der Waals surface area contributed by atoms with Crippen molar-refractivity contribution in [3.63, 3.8) is 0 Å². The van der Waals surface area contributed by atoms with Gasteiger partial charge in [0.05, 0.1) is 18.1 Å². The molecule has 4 aliphatic rings. The van der Waals surface area contributed by atoms with Crippen LogP contribution in [0.3, 0.4) is 0 Å². The highest BCUT2D eigenvalue weighted by molar-refractivity contribution is 7.88. The number of aromatic carboxylic acids is 1. The van der Waals surface area contributed by atoms with Crippen LogP contribution in [0.4, 0.5) is 0 Å². The molecular formula is C48H74N4O11S2. The Morgan fingerprint density at radius 2 is 1.06 bits per heavy atom.